The van der Waals surface area contributed by atoms with E-state index in [1.807, 2.05) is 30.3 Å². The third-order valence-electron chi connectivity index (χ3n) is 4.64. The van der Waals surface area contributed by atoms with Gasteiger partial charge in [-0.05, 0) is 30.5 Å². The maximum Gasteiger partial charge on any atom is 0.152 e. The van der Waals surface area contributed by atoms with Crippen LogP contribution in [0.1, 0.15) is 44.1 Å². The highest BCUT2D eigenvalue weighted by molar-refractivity contribution is 8.01. The highest BCUT2D eigenvalue weighted by Gasteiger charge is 2.39. The summed E-state index contributed by atoms with van der Waals surface area (Å²) in [6, 6.07) is 20.6. The summed E-state index contributed by atoms with van der Waals surface area (Å²) in [5, 5.41) is 0. The van der Waals surface area contributed by atoms with Crippen molar-refractivity contribution in [3.63, 3.8) is 0 Å². The average Bonchev–Trinajstić information content (AvgIpc) is 2.64. The zero-order valence-electron chi connectivity index (χ0n) is 14.0. The summed E-state index contributed by atoms with van der Waals surface area (Å²) >= 11 is 1.78. The molecule has 1 saturated carbocycles. The fourth-order valence-corrected chi connectivity index (χ4v) is 4.76. The second-order valence-electron chi connectivity index (χ2n) is 6.41. The average molecular weight is 337 g/mol. The van der Waals surface area contributed by atoms with E-state index in [4.69, 9.17) is 0 Å². The highest BCUT2D eigenvalue weighted by Crippen LogP contribution is 2.45. The molecule has 0 unspecified atom stereocenters. The van der Waals surface area contributed by atoms with Crippen molar-refractivity contribution in [2.24, 2.45) is 0 Å². The normalized spacial score (nSPS) is 17.0. The highest BCUT2D eigenvalue weighted by atomic mass is 32.2. The lowest BCUT2D eigenvalue weighted by Crippen LogP contribution is -2.37. The predicted molar refractivity (Wildman–Crippen MR) is 103 cm³/mol. The van der Waals surface area contributed by atoms with Crippen molar-refractivity contribution in [2.45, 2.75) is 48.2 Å². The lowest BCUT2D eigenvalue weighted by molar-refractivity contribution is -0.121. The molecule has 24 heavy (non-hydrogen) atoms. The number of hydrogen-bond donors (Lipinski definition) is 0. The molecule has 1 nitrogen and oxygen atoms in total. The van der Waals surface area contributed by atoms with Crippen LogP contribution in [0, 0.1) is 0 Å². The van der Waals surface area contributed by atoms with E-state index in [2.05, 4.69) is 42.5 Å². The standard InChI is InChI=1S/C22H24OS/c23-21(16-10-13-19-11-4-1-5-12-19)22(17-8-3-9-18-22)24-20-14-6-2-7-15-20/h1-2,4-7,10-15H,3,8-9,16-18H2/b13-10+. The molecular formula is C22H24OS. The van der Waals surface area contributed by atoms with E-state index in [1.165, 1.54) is 11.3 Å². The van der Waals surface area contributed by atoms with Gasteiger partial charge in [-0.1, -0.05) is 79.9 Å². The summed E-state index contributed by atoms with van der Waals surface area (Å²) in [5.74, 6) is 0.378. The lowest BCUT2D eigenvalue weighted by atomic mass is 9.84. The van der Waals surface area contributed by atoms with Gasteiger partial charge in [-0.15, -0.1) is 11.8 Å². The number of benzene rings is 2. The Bertz CT molecular complexity index is 670. The molecule has 1 fully saturated rings. The second kappa shape index (κ2) is 8.34. The SMILES string of the molecule is O=C(C/C=C/c1ccccc1)C1(Sc2ccccc2)CCCCC1. The molecule has 0 spiro atoms. The second-order valence-corrected chi connectivity index (χ2v) is 7.87. The largest absolute Gasteiger partial charge is 0.298 e. The molecule has 0 aliphatic heterocycles. The third-order valence-corrected chi connectivity index (χ3v) is 6.17. The van der Waals surface area contributed by atoms with Crippen molar-refractivity contribution < 1.29 is 4.79 Å². The molecule has 0 bridgehead atoms. The first kappa shape index (κ1) is 17.0. The molecule has 0 aromatic heterocycles. The number of hydrogen-bond acceptors (Lipinski definition) is 2. The minimum absolute atomic E-state index is 0.235. The van der Waals surface area contributed by atoms with Crippen LogP contribution in [-0.2, 0) is 4.79 Å². The van der Waals surface area contributed by atoms with E-state index >= 15 is 0 Å². The number of ketones is 1. The van der Waals surface area contributed by atoms with Crippen molar-refractivity contribution in [1.29, 1.82) is 0 Å². The van der Waals surface area contributed by atoms with Gasteiger partial charge in [0.05, 0.1) is 4.75 Å². The van der Waals surface area contributed by atoms with E-state index < -0.39 is 0 Å². The van der Waals surface area contributed by atoms with Gasteiger partial charge in [-0.25, -0.2) is 0 Å². The fraction of sp³-hybridized carbons (Fsp3) is 0.318. The summed E-state index contributed by atoms with van der Waals surface area (Å²) in [6.45, 7) is 0. The monoisotopic (exact) mass is 336 g/mol. The molecule has 1 aliphatic carbocycles. The van der Waals surface area contributed by atoms with Crippen LogP contribution < -0.4 is 0 Å². The van der Waals surface area contributed by atoms with Crippen molar-refractivity contribution >= 4 is 23.6 Å². The summed E-state index contributed by atoms with van der Waals surface area (Å²) < 4.78 is -0.235. The Labute approximate surface area is 149 Å². The maximum absolute atomic E-state index is 13.0. The molecule has 0 atom stereocenters. The van der Waals surface area contributed by atoms with Crippen molar-refractivity contribution in [2.75, 3.05) is 0 Å². The number of thioether (sulfide) groups is 1. The van der Waals surface area contributed by atoms with Gasteiger partial charge in [0.15, 0.2) is 5.78 Å². The van der Waals surface area contributed by atoms with E-state index in [-0.39, 0.29) is 4.75 Å². The van der Waals surface area contributed by atoms with Crippen LogP contribution in [0.4, 0.5) is 0 Å². The van der Waals surface area contributed by atoms with Crippen LogP contribution >= 0.6 is 11.8 Å². The summed E-state index contributed by atoms with van der Waals surface area (Å²) in [7, 11) is 0. The molecule has 2 aromatic carbocycles. The predicted octanol–water partition coefficient (Wildman–Crippen LogP) is 6.15. The Morgan fingerprint density at radius 3 is 2.21 bits per heavy atom. The molecule has 0 radical (unpaired) electrons. The first-order valence-corrected chi connectivity index (χ1v) is 9.59. The molecule has 0 N–H and O–H groups in total. The number of carbonyl (C=O) groups excluding carboxylic acids is 1. The molecule has 0 saturated heterocycles. The number of allylic oxidation sites excluding steroid dienone is 1. The molecule has 0 heterocycles. The topological polar surface area (TPSA) is 17.1 Å². The summed E-state index contributed by atoms with van der Waals surface area (Å²) in [4.78, 5) is 14.3. The van der Waals surface area contributed by atoms with Crippen LogP contribution in [0.5, 0.6) is 0 Å². The maximum atomic E-state index is 13.0. The Kier molecular flexibility index (Phi) is 5.92. The Hall–Kier alpha value is -1.80. The van der Waals surface area contributed by atoms with E-state index in [0.717, 1.165) is 31.2 Å². The number of Topliss-reactive ketones (excluding diaryl/α,β-unsaturated/α-hetero) is 1. The molecule has 3 rings (SSSR count). The first-order chi connectivity index (χ1) is 11.8. The van der Waals surface area contributed by atoms with Gasteiger partial charge in [0.1, 0.15) is 0 Å². The quantitative estimate of drug-likeness (QED) is 0.629. The van der Waals surface area contributed by atoms with Crippen LogP contribution in [0.3, 0.4) is 0 Å². The zero-order chi connectivity index (χ0) is 16.7. The van der Waals surface area contributed by atoms with Crippen LogP contribution in [-0.4, -0.2) is 10.5 Å². The summed E-state index contributed by atoms with van der Waals surface area (Å²) in [6.07, 6.45) is 10.2. The van der Waals surface area contributed by atoms with Gasteiger partial charge < -0.3 is 0 Å². The number of rotatable bonds is 6. The Morgan fingerprint density at radius 1 is 0.917 bits per heavy atom. The smallest absolute Gasteiger partial charge is 0.152 e. The van der Waals surface area contributed by atoms with Crippen molar-refractivity contribution in [3.05, 3.63) is 72.3 Å². The van der Waals surface area contributed by atoms with Gasteiger partial charge in [0.25, 0.3) is 0 Å². The lowest BCUT2D eigenvalue weighted by Gasteiger charge is -2.35. The fourth-order valence-electron chi connectivity index (χ4n) is 3.33. The van der Waals surface area contributed by atoms with Gasteiger partial charge in [-0.2, -0.15) is 0 Å². The molecule has 0 amide bonds. The first-order valence-electron chi connectivity index (χ1n) is 8.77. The molecule has 1 aliphatic rings. The minimum Gasteiger partial charge on any atom is -0.298 e. The molecule has 2 aromatic rings. The van der Waals surface area contributed by atoms with E-state index in [9.17, 15) is 4.79 Å². The van der Waals surface area contributed by atoms with Crippen LogP contribution in [0.25, 0.3) is 6.08 Å². The van der Waals surface area contributed by atoms with Crippen LogP contribution in [0.15, 0.2) is 71.6 Å². The van der Waals surface area contributed by atoms with Gasteiger partial charge in [0.2, 0.25) is 0 Å². The summed E-state index contributed by atoms with van der Waals surface area (Å²) in [5.41, 5.74) is 1.15. The number of carbonyl (C=O) groups is 1. The van der Waals surface area contributed by atoms with Crippen molar-refractivity contribution in [3.8, 4) is 0 Å². The Morgan fingerprint density at radius 2 is 1.54 bits per heavy atom. The van der Waals surface area contributed by atoms with E-state index in [1.54, 1.807) is 11.8 Å². The molecule has 2 heteroatoms. The van der Waals surface area contributed by atoms with Gasteiger partial charge in [0, 0.05) is 11.3 Å². The van der Waals surface area contributed by atoms with Gasteiger partial charge >= 0.3 is 0 Å². The van der Waals surface area contributed by atoms with Crippen molar-refractivity contribution in [1.82, 2.24) is 0 Å². The third kappa shape index (κ3) is 4.39. The van der Waals surface area contributed by atoms with Gasteiger partial charge in [-0.3, -0.25) is 4.79 Å². The zero-order valence-corrected chi connectivity index (χ0v) is 14.8. The Balaban J connectivity index is 1.70. The molecule has 124 valence electrons. The van der Waals surface area contributed by atoms with E-state index in [0.29, 0.717) is 12.2 Å². The molecular weight excluding hydrogens is 312 g/mol. The minimum atomic E-state index is -0.235. The van der Waals surface area contributed by atoms with Crippen LogP contribution in [0.2, 0.25) is 0 Å².